The summed E-state index contributed by atoms with van der Waals surface area (Å²) in [5.41, 5.74) is 4.24. The summed E-state index contributed by atoms with van der Waals surface area (Å²) < 4.78 is 28.8. The zero-order valence-electron chi connectivity index (χ0n) is 21.4. The van der Waals surface area contributed by atoms with Crippen LogP contribution in [-0.4, -0.2) is 41.7 Å². The Kier molecular flexibility index (Phi) is 10.2. The maximum atomic E-state index is 13.6. The van der Waals surface area contributed by atoms with Gasteiger partial charge in [0, 0.05) is 43.1 Å². The highest BCUT2D eigenvalue weighted by molar-refractivity contribution is 7.89. The van der Waals surface area contributed by atoms with Crippen molar-refractivity contribution in [1.82, 2.24) is 14.3 Å². The first-order valence-corrected chi connectivity index (χ1v) is 14.1. The molecule has 0 spiro atoms. The minimum atomic E-state index is -3.67. The number of sulfonamides is 1. The number of rotatable bonds is 6. The van der Waals surface area contributed by atoms with Gasteiger partial charge in [-0.1, -0.05) is 43.5 Å². The lowest BCUT2D eigenvalue weighted by molar-refractivity contribution is -0.120. The molecule has 0 unspecified atom stereocenters. The number of anilines is 2. The molecule has 0 bridgehead atoms. The fourth-order valence-electron chi connectivity index (χ4n) is 5.23. The van der Waals surface area contributed by atoms with Crippen LogP contribution in [0, 0.1) is 12.8 Å². The van der Waals surface area contributed by atoms with Gasteiger partial charge in [-0.3, -0.25) is 4.79 Å². The van der Waals surface area contributed by atoms with Crippen LogP contribution in [-0.2, 0) is 27.9 Å². The minimum absolute atomic E-state index is 0. The summed E-state index contributed by atoms with van der Waals surface area (Å²) >= 11 is 0. The Morgan fingerprint density at radius 1 is 1.08 bits per heavy atom. The van der Waals surface area contributed by atoms with Gasteiger partial charge >= 0.3 is 0 Å². The molecule has 206 valence electrons. The van der Waals surface area contributed by atoms with Crippen LogP contribution in [0.25, 0.3) is 0 Å². The molecule has 1 aromatic heterocycles. The van der Waals surface area contributed by atoms with Crippen LogP contribution in [0.1, 0.15) is 48.9 Å². The molecular formula is C27H35Cl2N5O3S. The highest BCUT2D eigenvalue weighted by Gasteiger charge is 2.31. The lowest BCUT2D eigenvalue weighted by atomic mass is 9.88. The van der Waals surface area contributed by atoms with E-state index in [0.29, 0.717) is 24.5 Å². The van der Waals surface area contributed by atoms with Crippen molar-refractivity contribution >= 4 is 52.1 Å². The molecule has 1 fully saturated rings. The Bertz CT molecular complexity index is 1330. The quantitative estimate of drug-likeness (QED) is 0.413. The third-order valence-corrected chi connectivity index (χ3v) is 9.27. The topological polar surface area (TPSA) is 98.4 Å². The monoisotopic (exact) mass is 579 g/mol. The molecule has 5 rings (SSSR count). The number of nitrogens with zero attached hydrogens (tertiary/aromatic N) is 3. The van der Waals surface area contributed by atoms with Crippen molar-refractivity contribution in [2.24, 2.45) is 5.92 Å². The molecular weight excluding hydrogens is 545 g/mol. The SMILES string of the molecule is Cc1ccccc1S(=O)(=O)N1CCN(Cc2cnc[nH]2)c2cc(NC(=O)C3CCCCC3)ccc2C1.Cl.Cl. The second-order valence-electron chi connectivity index (χ2n) is 9.77. The average molecular weight is 581 g/mol. The van der Waals surface area contributed by atoms with Crippen LogP contribution in [0.4, 0.5) is 11.4 Å². The molecule has 38 heavy (non-hydrogen) atoms. The van der Waals surface area contributed by atoms with E-state index in [1.807, 2.05) is 37.3 Å². The molecule has 3 aromatic rings. The standard InChI is InChI=1S/C27H33N5O3S.2ClH/c1-20-7-5-6-10-26(20)36(34,35)32-14-13-31(18-24-16-28-19-29-24)25-15-23(12-11-22(25)17-32)30-27(33)21-8-3-2-4-9-21;;/h5-7,10-12,15-16,19,21H,2-4,8-9,13-14,17-18H2,1H3,(H,28,29)(H,30,33);2*1H. The highest BCUT2D eigenvalue weighted by Crippen LogP contribution is 2.33. The number of aryl methyl sites for hydroxylation is 1. The number of hydrogen-bond donors (Lipinski definition) is 2. The van der Waals surface area contributed by atoms with Crippen LogP contribution in [0.3, 0.4) is 0 Å². The van der Waals surface area contributed by atoms with Crippen molar-refractivity contribution in [3.8, 4) is 0 Å². The fourth-order valence-corrected chi connectivity index (χ4v) is 6.87. The number of aromatic nitrogens is 2. The lowest BCUT2D eigenvalue weighted by Crippen LogP contribution is -2.35. The van der Waals surface area contributed by atoms with Gasteiger partial charge in [0.2, 0.25) is 15.9 Å². The number of nitrogens with one attached hydrogen (secondary N) is 2. The first kappa shape index (κ1) is 30.0. The first-order chi connectivity index (χ1) is 17.4. The molecule has 2 N–H and O–H groups in total. The van der Waals surface area contributed by atoms with E-state index in [1.54, 1.807) is 29.0 Å². The Balaban J connectivity index is 0.00000200. The molecule has 1 aliphatic carbocycles. The van der Waals surface area contributed by atoms with Crippen molar-refractivity contribution in [2.75, 3.05) is 23.3 Å². The van der Waals surface area contributed by atoms with E-state index in [9.17, 15) is 13.2 Å². The molecule has 8 nitrogen and oxygen atoms in total. The number of halogens is 2. The number of imidazole rings is 1. The number of H-pyrrole nitrogens is 1. The van der Waals surface area contributed by atoms with Crippen molar-refractivity contribution in [3.05, 3.63) is 71.8 Å². The molecule has 0 atom stereocenters. The Labute approximate surface area is 237 Å². The predicted molar refractivity (Wildman–Crippen MR) is 155 cm³/mol. The van der Waals surface area contributed by atoms with E-state index in [2.05, 4.69) is 20.2 Å². The van der Waals surface area contributed by atoms with Gasteiger partial charge in [0.25, 0.3) is 0 Å². The van der Waals surface area contributed by atoms with E-state index >= 15 is 0 Å². The summed E-state index contributed by atoms with van der Waals surface area (Å²) in [5, 5.41) is 3.12. The highest BCUT2D eigenvalue weighted by atomic mass is 35.5. The molecule has 1 saturated carbocycles. The number of hydrogen-bond acceptors (Lipinski definition) is 5. The molecule has 11 heteroatoms. The Hall–Kier alpha value is -2.59. The minimum Gasteiger partial charge on any atom is -0.364 e. The number of amides is 1. The normalized spacial score (nSPS) is 16.5. The number of aromatic amines is 1. The van der Waals surface area contributed by atoms with Gasteiger partial charge in [-0.25, -0.2) is 13.4 Å². The lowest BCUT2D eigenvalue weighted by Gasteiger charge is -2.25. The fraction of sp³-hybridized carbons (Fsp3) is 0.407. The van der Waals surface area contributed by atoms with Gasteiger partial charge in [-0.2, -0.15) is 4.31 Å². The second kappa shape index (κ2) is 13.0. The summed E-state index contributed by atoms with van der Waals surface area (Å²) in [6, 6.07) is 12.9. The Morgan fingerprint density at radius 2 is 1.84 bits per heavy atom. The first-order valence-electron chi connectivity index (χ1n) is 12.6. The summed E-state index contributed by atoms with van der Waals surface area (Å²) in [6.45, 7) is 3.51. The van der Waals surface area contributed by atoms with Gasteiger partial charge in [0.1, 0.15) is 0 Å². The van der Waals surface area contributed by atoms with Gasteiger partial charge < -0.3 is 15.2 Å². The van der Waals surface area contributed by atoms with E-state index < -0.39 is 10.0 Å². The smallest absolute Gasteiger partial charge is 0.243 e. The molecule has 2 aromatic carbocycles. The molecule has 0 saturated heterocycles. The van der Waals surface area contributed by atoms with Crippen LogP contribution in [0.2, 0.25) is 0 Å². The number of carbonyl (C=O) groups is 1. The maximum Gasteiger partial charge on any atom is 0.243 e. The van der Waals surface area contributed by atoms with E-state index in [0.717, 1.165) is 53.9 Å². The molecule has 2 heterocycles. The maximum absolute atomic E-state index is 13.6. The van der Waals surface area contributed by atoms with Crippen molar-refractivity contribution < 1.29 is 13.2 Å². The van der Waals surface area contributed by atoms with Crippen molar-refractivity contribution in [2.45, 2.75) is 57.0 Å². The number of benzene rings is 2. The predicted octanol–water partition coefficient (Wildman–Crippen LogP) is 5.29. The van der Waals surface area contributed by atoms with Gasteiger partial charge in [0.05, 0.1) is 23.5 Å². The number of fused-ring (bicyclic) bond motifs is 1. The summed E-state index contributed by atoms with van der Waals surface area (Å²) in [6.07, 6.45) is 8.71. The van der Waals surface area contributed by atoms with E-state index in [-0.39, 0.29) is 43.2 Å². The third-order valence-electron chi connectivity index (χ3n) is 7.26. The van der Waals surface area contributed by atoms with Gasteiger partial charge in [-0.05, 0) is 49.1 Å². The van der Waals surface area contributed by atoms with Crippen LogP contribution in [0.5, 0.6) is 0 Å². The van der Waals surface area contributed by atoms with Crippen molar-refractivity contribution in [3.63, 3.8) is 0 Å². The third kappa shape index (κ3) is 6.51. The van der Waals surface area contributed by atoms with Crippen LogP contribution in [0.15, 0.2) is 59.9 Å². The summed E-state index contributed by atoms with van der Waals surface area (Å²) in [5.74, 6) is 0.139. The Morgan fingerprint density at radius 3 is 2.55 bits per heavy atom. The summed E-state index contributed by atoms with van der Waals surface area (Å²) in [4.78, 5) is 22.7. The zero-order chi connectivity index (χ0) is 25.1. The van der Waals surface area contributed by atoms with Crippen LogP contribution >= 0.6 is 24.8 Å². The molecule has 1 amide bonds. The van der Waals surface area contributed by atoms with Crippen LogP contribution < -0.4 is 10.2 Å². The second-order valence-corrected chi connectivity index (χ2v) is 11.7. The van der Waals surface area contributed by atoms with E-state index in [1.165, 1.54) is 6.42 Å². The molecule has 0 radical (unpaired) electrons. The average Bonchev–Trinajstić information content (AvgIpc) is 3.33. The molecule has 2 aliphatic rings. The number of carbonyl (C=O) groups excluding carboxylic acids is 1. The summed E-state index contributed by atoms with van der Waals surface area (Å²) in [7, 11) is -3.67. The largest absolute Gasteiger partial charge is 0.364 e. The van der Waals surface area contributed by atoms with Crippen molar-refractivity contribution in [1.29, 1.82) is 0 Å². The van der Waals surface area contributed by atoms with Gasteiger partial charge in [0.15, 0.2) is 0 Å². The molecule has 1 aliphatic heterocycles. The van der Waals surface area contributed by atoms with E-state index in [4.69, 9.17) is 0 Å². The zero-order valence-corrected chi connectivity index (χ0v) is 23.9. The van der Waals surface area contributed by atoms with Gasteiger partial charge in [-0.15, -0.1) is 24.8 Å².